The van der Waals surface area contributed by atoms with E-state index in [9.17, 15) is 0 Å². The Bertz CT molecular complexity index is 1850. The molecule has 4 aromatic rings. The van der Waals surface area contributed by atoms with Gasteiger partial charge in [0.05, 0.1) is 39.6 Å². The van der Waals surface area contributed by atoms with Crippen LogP contribution in [0.4, 0.5) is 0 Å². The monoisotopic (exact) mass is 941 g/mol. The second kappa shape index (κ2) is 36.4. The molecule has 4 rings (SSSR count). The molecule has 0 amide bonds. The van der Waals surface area contributed by atoms with E-state index in [-0.39, 0.29) is 0 Å². The molecule has 0 saturated carbocycles. The van der Waals surface area contributed by atoms with Gasteiger partial charge in [0.15, 0.2) is 34.5 Å². The summed E-state index contributed by atoms with van der Waals surface area (Å²) in [6.45, 7) is 17.6. The zero-order valence-corrected chi connectivity index (χ0v) is 44.8. The van der Waals surface area contributed by atoms with Crippen molar-refractivity contribution in [3.8, 4) is 34.5 Å². The van der Waals surface area contributed by atoms with Crippen molar-refractivity contribution in [3.05, 3.63) is 36.4 Å². The molecule has 68 heavy (non-hydrogen) atoms. The average Bonchev–Trinajstić information content (AvgIpc) is 3.35. The summed E-state index contributed by atoms with van der Waals surface area (Å²) in [7, 11) is 0. The molecule has 0 heterocycles. The smallest absolute Gasteiger partial charge is 0.161 e. The van der Waals surface area contributed by atoms with E-state index in [4.69, 9.17) is 28.4 Å². The Balaban J connectivity index is 1.80. The predicted octanol–water partition coefficient (Wildman–Crippen LogP) is 20.0. The second-order valence-electron chi connectivity index (χ2n) is 19.8. The van der Waals surface area contributed by atoms with Crippen molar-refractivity contribution in [1.82, 2.24) is 0 Å². The topological polar surface area (TPSA) is 55.4 Å². The normalized spacial score (nSPS) is 11.6. The molecular formula is C62H100O6. The Morgan fingerprint density at radius 2 is 0.324 bits per heavy atom. The maximum absolute atomic E-state index is 6.79. The van der Waals surface area contributed by atoms with Crippen molar-refractivity contribution in [2.75, 3.05) is 39.6 Å². The van der Waals surface area contributed by atoms with E-state index in [0.717, 1.165) is 137 Å². The van der Waals surface area contributed by atoms with Gasteiger partial charge < -0.3 is 28.4 Å². The van der Waals surface area contributed by atoms with Gasteiger partial charge in [-0.05, 0) is 107 Å². The number of hydrogen-bond acceptors (Lipinski definition) is 6. The van der Waals surface area contributed by atoms with Gasteiger partial charge in [-0.25, -0.2) is 0 Å². The second-order valence-corrected chi connectivity index (χ2v) is 19.8. The molecule has 0 saturated heterocycles. The minimum atomic E-state index is 0.668. The molecule has 0 aliphatic heterocycles. The van der Waals surface area contributed by atoms with Crippen LogP contribution >= 0.6 is 0 Å². The Morgan fingerprint density at radius 1 is 0.191 bits per heavy atom. The Kier molecular flexibility index (Phi) is 30.5. The van der Waals surface area contributed by atoms with E-state index < -0.39 is 0 Å². The first-order chi connectivity index (χ1) is 33.6. The summed E-state index contributed by atoms with van der Waals surface area (Å²) in [5.74, 6) is 4.93. The van der Waals surface area contributed by atoms with Crippen molar-refractivity contribution in [3.63, 3.8) is 0 Å². The molecule has 6 heteroatoms. The van der Waals surface area contributed by atoms with E-state index in [0.29, 0.717) is 39.6 Å². The molecule has 0 fully saturated rings. The number of unbranched alkanes of at least 4 members (excludes halogenated alkanes) is 26. The number of rotatable bonds is 44. The van der Waals surface area contributed by atoms with Gasteiger partial charge in [0.2, 0.25) is 0 Å². The van der Waals surface area contributed by atoms with Crippen LogP contribution in [-0.4, -0.2) is 39.6 Å². The Hall–Kier alpha value is -3.54. The van der Waals surface area contributed by atoms with Gasteiger partial charge in [-0.2, -0.15) is 0 Å². The van der Waals surface area contributed by atoms with Gasteiger partial charge >= 0.3 is 0 Å². The van der Waals surface area contributed by atoms with Gasteiger partial charge in [0.1, 0.15) is 0 Å². The van der Waals surface area contributed by atoms with E-state index in [1.165, 1.54) is 135 Å². The largest absolute Gasteiger partial charge is 0.490 e. The third-order valence-electron chi connectivity index (χ3n) is 13.7. The molecule has 4 aromatic carbocycles. The first-order valence-corrected chi connectivity index (χ1v) is 28.9. The van der Waals surface area contributed by atoms with Crippen LogP contribution in [0.5, 0.6) is 34.5 Å². The van der Waals surface area contributed by atoms with Crippen LogP contribution in [0.25, 0.3) is 32.3 Å². The predicted molar refractivity (Wildman–Crippen MR) is 294 cm³/mol. The quantitative estimate of drug-likeness (QED) is 0.0325. The van der Waals surface area contributed by atoms with Crippen LogP contribution in [0.15, 0.2) is 36.4 Å². The third-order valence-corrected chi connectivity index (χ3v) is 13.7. The van der Waals surface area contributed by atoms with Crippen molar-refractivity contribution in [2.24, 2.45) is 0 Å². The lowest BCUT2D eigenvalue weighted by Gasteiger charge is -2.21. The van der Waals surface area contributed by atoms with Crippen LogP contribution in [0.3, 0.4) is 0 Å². The zero-order chi connectivity index (χ0) is 48.3. The lowest BCUT2D eigenvalue weighted by Crippen LogP contribution is -2.05. The molecule has 0 spiro atoms. The summed E-state index contributed by atoms with van der Waals surface area (Å²) in [5, 5.41) is 6.75. The van der Waals surface area contributed by atoms with E-state index in [2.05, 4.69) is 77.9 Å². The fourth-order valence-corrected chi connectivity index (χ4v) is 9.37. The number of fused-ring (bicyclic) bond motifs is 6. The van der Waals surface area contributed by atoms with Crippen molar-refractivity contribution in [1.29, 1.82) is 0 Å². The van der Waals surface area contributed by atoms with Crippen molar-refractivity contribution in [2.45, 2.75) is 247 Å². The zero-order valence-electron chi connectivity index (χ0n) is 44.8. The molecule has 384 valence electrons. The maximum Gasteiger partial charge on any atom is 0.161 e. The SMILES string of the molecule is CCCCCCCCCCCCCCOc1cc2c3cc(OCCCCCC)c(OCCCCCC)cc3c3cc(OCCCCCC)c(OCCCCCC)cc3c2cc1OCCCCCC. The van der Waals surface area contributed by atoms with Crippen LogP contribution in [0.2, 0.25) is 0 Å². The van der Waals surface area contributed by atoms with Gasteiger partial charge in [-0.15, -0.1) is 0 Å². The molecule has 0 atom stereocenters. The Labute approximate surface area is 416 Å². The first kappa shape index (κ1) is 57.0. The summed E-state index contributed by atoms with van der Waals surface area (Å²) in [6.07, 6.45) is 38.9. The summed E-state index contributed by atoms with van der Waals surface area (Å²) >= 11 is 0. The minimum absolute atomic E-state index is 0.668. The highest BCUT2D eigenvalue weighted by Crippen LogP contribution is 2.47. The van der Waals surface area contributed by atoms with Gasteiger partial charge in [0, 0.05) is 0 Å². The maximum atomic E-state index is 6.79. The molecule has 0 aliphatic carbocycles. The summed E-state index contributed by atoms with van der Waals surface area (Å²) in [5.41, 5.74) is 0. The Morgan fingerprint density at radius 3 is 0.485 bits per heavy atom. The fourth-order valence-electron chi connectivity index (χ4n) is 9.37. The van der Waals surface area contributed by atoms with Crippen LogP contribution < -0.4 is 28.4 Å². The highest BCUT2D eigenvalue weighted by atomic mass is 16.5. The third kappa shape index (κ3) is 20.8. The molecule has 0 aromatic heterocycles. The van der Waals surface area contributed by atoms with E-state index in [1.807, 2.05) is 0 Å². The van der Waals surface area contributed by atoms with Gasteiger partial charge in [-0.3, -0.25) is 0 Å². The summed E-state index contributed by atoms with van der Waals surface area (Å²) < 4.78 is 40.3. The number of benzene rings is 4. The molecule has 0 bridgehead atoms. The molecule has 0 N–H and O–H groups in total. The molecule has 0 radical (unpaired) electrons. The molecule has 6 nitrogen and oxygen atoms in total. The van der Waals surface area contributed by atoms with Gasteiger partial charge in [-0.1, -0.05) is 208 Å². The van der Waals surface area contributed by atoms with Crippen molar-refractivity contribution < 1.29 is 28.4 Å². The van der Waals surface area contributed by atoms with Crippen LogP contribution in [-0.2, 0) is 0 Å². The van der Waals surface area contributed by atoms with E-state index >= 15 is 0 Å². The van der Waals surface area contributed by atoms with Crippen molar-refractivity contribution >= 4 is 32.3 Å². The highest BCUT2D eigenvalue weighted by molar-refractivity contribution is 6.26. The number of ether oxygens (including phenoxy) is 6. The molecular weight excluding hydrogens is 841 g/mol. The minimum Gasteiger partial charge on any atom is -0.490 e. The lowest BCUT2D eigenvalue weighted by molar-refractivity contribution is 0.259. The first-order valence-electron chi connectivity index (χ1n) is 28.9. The lowest BCUT2D eigenvalue weighted by atomic mass is 9.93. The standard InChI is InChI=1S/C62H100O6/c1-7-13-19-25-26-27-28-29-30-31-32-38-44-68-62-50-56-54-48-60(66-42-36-23-17-11-5)58(64-40-34-21-15-9-3)46-52(54)51-45-57(63-39-33-20-14-8-2)59(65-41-35-22-16-10-4)47-53(51)55(56)49-61(62)67-43-37-24-18-12-6/h45-50H,7-44H2,1-6H3. The van der Waals surface area contributed by atoms with Crippen LogP contribution in [0, 0.1) is 0 Å². The van der Waals surface area contributed by atoms with Gasteiger partial charge in [0.25, 0.3) is 0 Å². The summed E-state index contributed by atoms with van der Waals surface area (Å²) in [6, 6.07) is 13.5. The highest BCUT2D eigenvalue weighted by Gasteiger charge is 2.21. The number of hydrogen-bond donors (Lipinski definition) is 0. The average molecular weight is 941 g/mol. The molecule has 0 aliphatic rings. The summed E-state index contributed by atoms with van der Waals surface area (Å²) in [4.78, 5) is 0. The van der Waals surface area contributed by atoms with Crippen LogP contribution in [0.1, 0.15) is 247 Å². The fraction of sp³-hybridized carbons (Fsp3) is 0.710. The van der Waals surface area contributed by atoms with E-state index in [1.54, 1.807) is 0 Å². The molecule has 0 unspecified atom stereocenters.